The smallest absolute Gasteiger partial charge is 0.483 e. The van der Waals surface area contributed by atoms with Gasteiger partial charge in [0, 0.05) is 18.7 Å². The maximum absolute atomic E-state index is 12.5. The molecular formula is C17H19F3N2O3. The Balaban J connectivity index is 2.01. The number of ether oxygens (including phenoxy) is 2. The number of alkyl halides is 3. The molecule has 0 bridgehead atoms. The third-order valence-corrected chi connectivity index (χ3v) is 4.02. The molecule has 0 atom stereocenters. The molecule has 136 valence electrons. The number of benzene rings is 1. The maximum Gasteiger partial charge on any atom is 0.573 e. The van der Waals surface area contributed by atoms with Crippen molar-refractivity contribution in [3.8, 4) is 11.5 Å². The van der Waals surface area contributed by atoms with Gasteiger partial charge < -0.3 is 14.4 Å². The molecule has 5 nitrogen and oxygen atoms in total. The molecule has 0 saturated carbocycles. The lowest BCUT2D eigenvalue weighted by molar-refractivity contribution is -0.274. The monoisotopic (exact) mass is 356 g/mol. The predicted octanol–water partition coefficient (Wildman–Crippen LogP) is 2.87. The first-order valence-corrected chi connectivity index (χ1v) is 7.85. The lowest BCUT2D eigenvalue weighted by atomic mass is 9.97. The number of hydrogen-bond acceptors (Lipinski definition) is 4. The molecule has 8 heteroatoms. The molecule has 1 aromatic rings. The van der Waals surface area contributed by atoms with Crippen molar-refractivity contribution in [2.24, 2.45) is 0 Å². The van der Waals surface area contributed by atoms with Crippen LogP contribution < -0.4 is 9.47 Å². The summed E-state index contributed by atoms with van der Waals surface area (Å²) in [6.45, 7) is 5.05. The van der Waals surface area contributed by atoms with Gasteiger partial charge in [-0.05, 0) is 45.2 Å². The van der Waals surface area contributed by atoms with E-state index in [4.69, 9.17) is 4.74 Å². The van der Waals surface area contributed by atoms with E-state index in [1.54, 1.807) is 11.0 Å². The average molecular weight is 356 g/mol. The first-order valence-electron chi connectivity index (χ1n) is 7.85. The highest BCUT2D eigenvalue weighted by atomic mass is 19.4. The van der Waals surface area contributed by atoms with E-state index in [9.17, 15) is 18.0 Å². The first-order chi connectivity index (χ1) is 11.5. The lowest BCUT2D eigenvalue weighted by Crippen LogP contribution is -2.48. The standard InChI is InChI=1S/C17H19F3N2O3/c1-16(2)9-13(22-7-6-21(3)10-15(22)23)12-8-11(24-17(18,19)20)4-5-14(12)25-16/h4-5,8-9H,6-7,10H2,1-3H3. The van der Waals surface area contributed by atoms with Gasteiger partial charge in [0.15, 0.2) is 0 Å². The summed E-state index contributed by atoms with van der Waals surface area (Å²) < 4.78 is 47.4. The van der Waals surface area contributed by atoms with E-state index in [0.29, 0.717) is 30.1 Å². The highest BCUT2D eigenvalue weighted by molar-refractivity contribution is 5.90. The molecule has 1 aromatic carbocycles. The Morgan fingerprint density at radius 3 is 2.60 bits per heavy atom. The van der Waals surface area contributed by atoms with Crippen molar-refractivity contribution in [1.82, 2.24) is 9.80 Å². The SMILES string of the molecule is CN1CCN(C2=CC(C)(C)Oc3ccc(OC(F)(F)F)cc32)C(=O)C1. The predicted molar refractivity (Wildman–Crippen MR) is 85.0 cm³/mol. The van der Waals surface area contributed by atoms with Crippen molar-refractivity contribution in [2.75, 3.05) is 26.7 Å². The van der Waals surface area contributed by atoms with E-state index in [1.165, 1.54) is 18.2 Å². The van der Waals surface area contributed by atoms with Crippen molar-refractivity contribution in [3.63, 3.8) is 0 Å². The second kappa shape index (κ2) is 5.94. The van der Waals surface area contributed by atoms with E-state index in [-0.39, 0.29) is 18.2 Å². The fourth-order valence-electron chi connectivity index (χ4n) is 2.98. The molecule has 2 aliphatic heterocycles. The molecule has 2 aliphatic rings. The van der Waals surface area contributed by atoms with Gasteiger partial charge in [0.25, 0.3) is 0 Å². The second-order valence-electron chi connectivity index (χ2n) is 6.72. The molecule has 1 amide bonds. The molecule has 0 aliphatic carbocycles. The van der Waals surface area contributed by atoms with E-state index < -0.39 is 12.0 Å². The molecule has 1 saturated heterocycles. The minimum absolute atomic E-state index is 0.106. The lowest BCUT2D eigenvalue weighted by Gasteiger charge is -2.38. The van der Waals surface area contributed by atoms with Crippen LogP contribution >= 0.6 is 0 Å². The summed E-state index contributed by atoms with van der Waals surface area (Å²) in [5, 5.41) is 0. The fraction of sp³-hybridized carbons (Fsp3) is 0.471. The van der Waals surface area contributed by atoms with E-state index >= 15 is 0 Å². The van der Waals surface area contributed by atoms with Gasteiger partial charge >= 0.3 is 6.36 Å². The largest absolute Gasteiger partial charge is 0.573 e. The molecule has 0 N–H and O–H groups in total. The Labute approximate surface area is 143 Å². The topological polar surface area (TPSA) is 42.0 Å². The zero-order valence-electron chi connectivity index (χ0n) is 14.2. The second-order valence-corrected chi connectivity index (χ2v) is 6.72. The summed E-state index contributed by atoms with van der Waals surface area (Å²) in [7, 11) is 1.85. The zero-order valence-corrected chi connectivity index (χ0v) is 14.2. The first kappa shape index (κ1) is 17.6. The van der Waals surface area contributed by atoms with Gasteiger partial charge in [0.2, 0.25) is 5.91 Å². The Morgan fingerprint density at radius 1 is 1.24 bits per heavy atom. The fourth-order valence-corrected chi connectivity index (χ4v) is 2.98. The number of piperazine rings is 1. The van der Waals surface area contributed by atoms with E-state index in [1.807, 2.05) is 25.8 Å². The highest BCUT2D eigenvalue weighted by Crippen LogP contribution is 2.40. The van der Waals surface area contributed by atoms with Crippen LogP contribution in [-0.4, -0.2) is 54.4 Å². The van der Waals surface area contributed by atoms with E-state index in [2.05, 4.69) is 4.74 Å². The van der Waals surface area contributed by atoms with Crippen molar-refractivity contribution in [1.29, 1.82) is 0 Å². The summed E-state index contributed by atoms with van der Waals surface area (Å²) in [5.74, 6) is -0.0309. The van der Waals surface area contributed by atoms with Crippen LogP contribution in [0, 0.1) is 0 Å². The van der Waals surface area contributed by atoms with Gasteiger partial charge in [-0.25, -0.2) is 0 Å². The zero-order chi connectivity index (χ0) is 18.4. The van der Waals surface area contributed by atoms with Gasteiger partial charge in [-0.15, -0.1) is 13.2 Å². The van der Waals surface area contributed by atoms with Crippen molar-refractivity contribution in [2.45, 2.75) is 25.8 Å². The number of likely N-dealkylation sites (N-methyl/N-ethyl adjacent to an activating group) is 1. The molecule has 0 radical (unpaired) electrons. The van der Waals surface area contributed by atoms with Gasteiger partial charge in [0.1, 0.15) is 17.1 Å². The third-order valence-electron chi connectivity index (χ3n) is 4.02. The summed E-state index contributed by atoms with van der Waals surface area (Å²) >= 11 is 0. The molecule has 0 aromatic heterocycles. The summed E-state index contributed by atoms with van der Waals surface area (Å²) in [4.78, 5) is 15.9. The quantitative estimate of drug-likeness (QED) is 0.817. The average Bonchev–Trinajstić information content (AvgIpc) is 2.45. The number of rotatable bonds is 2. The van der Waals surface area contributed by atoms with Crippen molar-refractivity contribution >= 4 is 11.6 Å². The molecule has 2 heterocycles. The number of halogens is 3. The minimum atomic E-state index is -4.78. The normalized spacial score (nSPS) is 20.6. The Morgan fingerprint density at radius 2 is 1.96 bits per heavy atom. The summed E-state index contributed by atoms with van der Waals surface area (Å²) in [6, 6.07) is 3.90. The van der Waals surface area contributed by atoms with Crippen LogP contribution in [0.4, 0.5) is 13.2 Å². The van der Waals surface area contributed by atoms with E-state index in [0.717, 1.165) is 0 Å². The minimum Gasteiger partial charge on any atom is -0.483 e. The van der Waals surface area contributed by atoms with Crippen molar-refractivity contribution < 1.29 is 27.4 Å². The van der Waals surface area contributed by atoms with Crippen LogP contribution in [0.2, 0.25) is 0 Å². The summed E-state index contributed by atoms with van der Waals surface area (Å²) in [5.41, 5.74) is 0.286. The number of hydrogen-bond donors (Lipinski definition) is 0. The molecular weight excluding hydrogens is 337 g/mol. The Kier molecular flexibility index (Phi) is 4.18. The Hall–Kier alpha value is -2.22. The number of fused-ring (bicyclic) bond motifs is 1. The van der Waals surface area contributed by atoms with Gasteiger partial charge in [-0.2, -0.15) is 0 Å². The van der Waals surface area contributed by atoms with Gasteiger partial charge in [0.05, 0.1) is 12.2 Å². The van der Waals surface area contributed by atoms with Crippen LogP contribution in [0.25, 0.3) is 5.70 Å². The molecule has 25 heavy (non-hydrogen) atoms. The van der Waals surface area contributed by atoms with Crippen molar-refractivity contribution in [3.05, 3.63) is 29.8 Å². The number of carbonyl (C=O) groups excluding carboxylic acids is 1. The molecule has 0 spiro atoms. The maximum atomic E-state index is 12.5. The molecule has 0 unspecified atom stereocenters. The molecule has 1 fully saturated rings. The number of amides is 1. The van der Waals surface area contributed by atoms with Crippen LogP contribution in [0.3, 0.4) is 0 Å². The Bertz CT molecular complexity index is 728. The third kappa shape index (κ3) is 3.89. The highest BCUT2D eigenvalue weighted by Gasteiger charge is 2.35. The number of carbonyl (C=O) groups is 1. The van der Waals surface area contributed by atoms with Gasteiger partial charge in [-0.3, -0.25) is 9.69 Å². The van der Waals surface area contributed by atoms with Crippen LogP contribution in [0.5, 0.6) is 11.5 Å². The number of nitrogens with zero attached hydrogens (tertiary/aromatic N) is 2. The van der Waals surface area contributed by atoms with Crippen LogP contribution in [0.1, 0.15) is 19.4 Å². The summed E-state index contributed by atoms with van der Waals surface area (Å²) in [6.07, 6.45) is -3.02. The van der Waals surface area contributed by atoms with Crippen LogP contribution in [-0.2, 0) is 4.79 Å². The van der Waals surface area contributed by atoms with Gasteiger partial charge in [-0.1, -0.05) is 0 Å². The van der Waals surface area contributed by atoms with Crippen LogP contribution in [0.15, 0.2) is 24.3 Å². The molecule has 3 rings (SSSR count).